The van der Waals surface area contributed by atoms with Crippen molar-refractivity contribution in [1.29, 1.82) is 0 Å². The van der Waals surface area contributed by atoms with Gasteiger partial charge in [0.05, 0.1) is 5.71 Å². The number of halogens is 2. The lowest BCUT2D eigenvalue weighted by molar-refractivity contribution is -0.154. The summed E-state index contributed by atoms with van der Waals surface area (Å²) in [5.41, 5.74) is 1.76. The summed E-state index contributed by atoms with van der Waals surface area (Å²) in [6.07, 6.45) is 2.34. The average Bonchev–Trinajstić information content (AvgIpc) is 3.60. The van der Waals surface area contributed by atoms with Crippen LogP contribution in [0.25, 0.3) is 27.6 Å². The van der Waals surface area contributed by atoms with Gasteiger partial charge in [-0.1, -0.05) is 11.2 Å². The van der Waals surface area contributed by atoms with Crippen LogP contribution >= 0.6 is 0 Å². The highest BCUT2D eigenvalue weighted by molar-refractivity contribution is 6.04. The van der Waals surface area contributed by atoms with Crippen LogP contribution in [0.5, 0.6) is 0 Å². The smallest absolute Gasteiger partial charge is 0.306 e. The summed E-state index contributed by atoms with van der Waals surface area (Å²) in [7, 11) is 0. The zero-order valence-corrected chi connectivity index (χ0v) is 25.5. The second-order valence-electron chi connectivity index (χ2n) is 12.5. The Bertz CT molecular complexity index is 2010. The molecule has 232 valence electrons. The Balaban J connectivity index is 1.29. The van der Waals surface area contributed by atoms with E-state index >= 15 is 0 Å². The fourth-order valence-electron chi connectivity index (χ4n) is 5.51. The number of esters is 1. The standard InChI is InChI=1S/C35H33F2N3O5/c1-34(2,3)44-31(41)8-6-5-7-26-18-22-17-21(9-15-27(22)32(42)40(26)25-13-10-23(36)11-14-25)29-20-35(4,45-39-29)33-38-28-16-12-24(37)19-30(28)43-33/h9-19H,5-8,20H2,1-4H3. The molecule has 8 nitrogen and oxygen atoms in total. The second-order valence-corrected chi connectivity index (χ2v) is 12.5. The zero-order chi connectivity index (χ0) is 31.9. The molecule has 0 radical (unpaired) electrons. The van der Waals surface area contributed by atoms with Crippen molar-refractivity contribution in [2.45, 2.75) is 71.0 Å². The highest BCUT2D eigenvalue weighted by atomic mass is 19.1. The van der Waals surface area contributed by atoms with Gasteiger partial charge in [0, 0.05) is 41.2 Å². The highest BCUT2D eigenvalue weighted by Gasteiger charge is 2.41. The quantitative estimate of drug-likeness (QED) is 0.133. The van der Waals surface area contributed by atoms with E-state index in [1.807, 2.05) is 45.9 Å². The molecule has 5 aromatic rings. The third-order valence-electron chi connectivity index (χ3n) is 7.66. The van der Waals surface area contributed by atoms with Crippen molar-refractivity contribution in [1.82, 2.24) is 9.55 Å². The summed E-state index contributed by atoms with van der Waals surface area (Å²) in [5, 5.41) is 5.53. The Hall–Kier alpha value is -4.86. The van der Waals surface area contributed by atoms with Gasteiger partial charge in [-0.3, -0.25) is 14.2 Å². The van der Waals surface area contributed by atoms with Crippen LogP contribution < -0.4 is 5.56 Å². The number of oxazole rings is 1. The van der Waals surface area contributed by atoms with E-state index in [0.717, 1.165) is 11.3 Å². The molecule has 1 aliphatic heterocycles. The number of fused-ring (bicyclic) bond motifs is 2. The molecule has 1 atom stereocenters. The molecule has 0 fully saturated rings. The fourth-order valence-corrected chi connectivity index (χ4v) is 5.51. The zero-order valence-electron chi connectivity index (χ0n) is 25.5. The Morgan fingerprint density at radius 3 is 2.51 bits per heavy atom. The summed E-state index contributed by atoms with van der Waals surface area (Å²) in [6, 6.07) is 17.4. The lowest BCUT2D eigenvalue weighted by Gasteiger charge is -2.19. The van der Waals surface area contributed by atoms with Gasteiger partial charge in [0.25, 0.3) is 5.56 Å². The van der Waals surface area contributed by atoms with E-state index in [1.165, 1.54) is 24.3 Å². The van der Waals surface area contributed by atoms with Crippen LogP contribution in [-0.4, -0.2) is 26.8 Å². The maximum absolute atomic E-state index is 13.9. The van der Waals surface area contributed by atoms with Crippen molar-refractivity contribution in [2.75, 3.05) is 0 Å². The lowest BCUT2D eigenvalue weighted by Crippen LogP contribution is -2.24. The number of oxime groups is 1. The van der Waals surface area contributed by atoms with E-state index in [0.29, 0.717) is 64.8 Å². The molecule has 1 aliphatic rings. The molecule has 3 heterocycles. The summed E-state index contributed by atoms with van der Waals surface area (Å²) >= 11 is 0. The number of carbonyl (C=O) groups is 1. The number of hydrogen-bond acceptors (Lipinski definition) is 7. The molecule has 0 aliphatic carbocycles. The van der Waals surface area contributed by atoms with Gasteiger partial charge in [0.1, 0.15) is 22.8 Å². The Labute approximate surface area is 258 Å². The largest absolute Gasteiger partial charge is 0.460 e. The number of aromatic nitrogens is 2. The van der Waals surface area contributed by atoms with Gasteiger partial charge < -0.3 is 14.0 Å². The van der Waals surface area contributed by atoms with E-state index in [4.69, 9.17) is 14.0 Å². The van der Waals surface area contributed by atoms with Crippen LogP contribution in [-0.2, 0) is 26.4 Å². The molecule has 1 unspecified atom stereocenters. The molecule has 0 bridgehead atoms. The molecular weight excluding hydrogens is 580 g/mol. The number of carbonyl (C=O) groups excluding carboxylic acids is 1. The number of pyridine rings is 1. The maximum Gasteiger partial charge on any atom is 0.306 e. The predicted octanol–water partition coefficient (Wildman–Crippen LogP) is 7.50. The minimum absolute atomic E-state index is 0.235. The van der Waals surface area contributed by atoms with E-state index in [2.05, 4.69) is 10.1 Å². The molecule has 0 amide bonds. The molecule has 0 N–H and O–H groups in total. The first-order valence-corrected chi connectivity index (χ1v) is 14.9. The monoisotopic (exact) mass is 613 g/mol. The van der Waals surface area contributed by atoms with Gasteiger partial charge in [-0.2, -0.15) is 0 Å². The van der Waals surface area contributed by atoms with Crippen molar-refractivity contribution in [3.63, 3.8) is 0 Å². The molecular formula is C35H33F2N3O5. The Morgan fingerprint density at radius 1 is 1.00 bits per heavy atom. The number of unbranched alkanes of at least 4 members (excludes halogenated alkanes) is 1. The maximum atomic E-state index is 13.9. The number of nitrogens with zero attached hydrogens (tertiary/aromatic N) is 3. The molecule has 3 aromatic carbocycles. The number of rotatable bonds is 8. The van der Waals surface area contributed by atoms with Crippen LogP contribution in [0.1, 0.15) is 70.5 Å². The number of hydrogen-bond donors (Lipinski definition) is 0. The third-order valence-corrected chi connectivity index (χ3v) is 7.66. The molecule has 0 saturated heterocycles. The second kappa shape index (κ2) is 11.6. The van der Waals surface area contributed by atoms with Gasteiger partial charge in [0.2, 0.25) is 11.5 Å². The minimum atomic E-state index is -0.995. The van der Waals surface area contributed by atoms with Crippen LogP contribution in [0, 0.1) is 11.6 Å². The van der Waals surface area contributed by atoms with E-state index in [1.54, 1.807) is 28.8 Å². The number of aryl methyl sites for hydroxylation is 1. The number of benzene rings is 3. The topological polar surface area (TPSA) is 95.9 Å². The molecule has 10 heteroatoms. The van der Waals surface area contributed by atoms with Crippen molar-refractivity contribution in [3.8, 4) is 5.69 Å². The fraction of sp³-hybridized carbons (Fsp3) is 0.314. The van der Waals surface area contributed by atoms with Crippen LogP contribution in [0.4, 0.5) is 8.78 Å². The first-order valence-electron chi connectivity index (χ1n) is 14.9. The van der Waals surface area contributed by atoms with Crippen LogP contribution in [0.3, 0.4) is 0 Å². The normalized spacial score (nSPS) is 16.6. The Morgan fingerprint density at radius 2 is 1.76 bits per heavy atom. The van der Waals surface area contributed by atoms with Crippen molar-refractivity contribution in [3.05, 3.63) is 106 Å². The van der Waals surface area contributed by atoms with E-state index < -0.39 is 22.8 Å². The first-order chi connectivity index (χ1) is 21.4. The SMILES string of the molecule is CC(C)(C)OC(=O)CCCCc1cc2cc(C3=NOC(C)(c4nc5ccc(F)cc5o4)C3)ccc2c(=O)n1-c1ccc(F)cc1. The van der Waals surface area contributed by atoms with Crippen molar-refractivity contribution >= 4 is 33.6 Å². The van der Waals surface area contributed by atoms with Gasteiger partial charge in [0.15, 0.2) is 5.58 Å². The van der Waals surface area contributed by atoms with Gasteiger partial charge >= 0.3 is 5.97 Å². The summed E-state index contributed by atoms with van der Waals surface area (Å²) in [4.78, 5) is 36.4. The first kappa shape index (κ1) is 30.2. The molecule has 0 spiro atoms. The van der Waals surface area contributed by atoms with Gasteiger partial charge in [-0.15, -0.1) is 0 Å². The predicted molar refractivity (Wildman–Crippen MR) is 166 cm³/mol. The van der Waals surface area contributed by atoms with Gasteiger partial charge in [-0.05, 0) is 107 Å². The summed E-state index contributed by atoms with van der Waals surface area (Å²) < 4.78 is 40.3. The van der Waals surface area contributed by atoms with E-state index in [-0.39, 0.29) is 17.9 Å². The minimum Gasteiger partial charge on any atom is -0.460 e. The van der Waals surface area contributed by atoms with Crippen molar-refractivity contribution in [2.24, 2.45) is 5.16 Å². The van der Waals surface area contributed by atoms with Crippen LogP contribution in [0.2, 0.25) is 0 Å². The average molecular weight is 614 g/mol. The molecule has 45 heavy (non-hydrogen) atoms. The van der Waals surface area contributed by atoms with Gasteiger partial charge in [-0.25, -0.2) is 13.8 Å². The van der Waals surface area contributed by atoms with Crippen molar-refractivity contribution < 1.29 is 27.6 Å². The Kier molecular flexibility index (Phi) is 7.76. The summed E-state index contributed by atoms with van der Waals surface area (Å²) in [5.74, 6) is -0.791. The molecule has 6 rings (SSSR count). The van der Waals surface area contributed by atoms with E-state index in [9.17, 15) is 18.4 Å². The number of ether oxygens (including phenoxy) is 1. The molecule has 2 aromatic heterocycles. The third kappa shape index (κ3) is 6.36. The van der Waals surface area contributed by atoms with Crippen LogP contribution in [0.15, 0.2) is 81.1 Å². The highest BCUT2D eigenvalue weighted by Crippen LogP contribution is 2.37. The molecule has 0 saturated carbocycles. The summed E-state index contributed by atoms with van der Waals surface area (Å²) in [6.45, 7) is 7.30. The lowest BCUT2D eigenvalue weighted by atomic mass is 9.94.